The summed E-state index contributed by atoms with van der Waals surface area (Å²) in [7, 11) is 0. The average Bonchev–Trinajstić information content (AvgIpc) is 2.97. The quantitative estimate of drug-likeness (QED) is 0.685. The standard InChI is InChI=1S/C25H27NO/c1-19-16-24(26(25(19)27)18-21-8-4-2-5-9-21)17-20-12-14-23(15-13-20)22-10-6-3-7-11-22/h2-15,19,24-25,27H,16-18H2,1H3/t19?,24-,25?/m0/s1. The van der Waals surface area contributed by atoms with E-state index in [0.29, 0.717) is 12.0 Å². The molecule has 1 saturated heterocycles. The smallest absolute Gasteiger partial charge is 0.110 e. The molecule has 1 fully saturated rings. The highest BCUT2D eigenvalue weighted by atomic mass is 16.3. The number of hydrogen-bond acceptors (Lipinski definition) is 2. The molecule has 0 bridgehead atoms. The van der Waals surface area contributed by atoms with Crippen molar-refractivity contribution in [1.82, 2.24) is 4.90 Å². The molecule has 1 heterocycles. The maximum atomic E-state index is 10.7. The third kappa shape index (κ3) is 4.13. The lowest BCUT2D eigenvalue weighted by Crippen LogP contribution is -2.37. The summed E-state index contributed by atoms with van der Waals surface area (Å²) in [5.41, 5.74) is 5.09. The van der Waals surface area contributed by atoms with Crippen molar-refractivity contribution in [2.75, 3.05) is 0 Å². The van der Waals surface area contributed by atoms with E-state index in [-0.39, 0.29) is 6.23 Å². The van der Waals surface area contributed by atoms with Crippen molar-refractivity contribution in [3.8, 4) is 11.1 Å². The van der Waals surface area contributed by atoms with Gasteiger partial charge in [-0.1, -0.05) is 91.9 Å². The van der Waals surface area contributed by atoms with Gasteiger partial charge in [0.25, 0.3) is 0 Å². The molecule has 0 saturated carbocycles. The van der Waals surface area contributed by atoms with E-state index in [1.807, 2.05) is 12.1 Å². The molecule has 1 N–H and O–H groups in total. The molecule has 2 unspecified atom stereocenters. The maximum absolute atomic E-state index is 10.7. The van der Waals surface area contributed by atoms with Crippen LogP contribution >= 0.6 is 0 Å². The Balaban J connectivity index is 1.48. The lowest BCUT2D eigenvalue weighted by atomic mass is 9.98. The first kappa shape index (κ1) is 18.0. The minimum Gasteiger partial charge on any atom is -0.378 e. The SMILES string of the molecule is CC1C[C@@H](Cc2ccc(-c3ccccc3)cc2)N(Cc2ccccc2)C1O. The molecule has 1 aliphatic rings. The van der Waals surface area contributed by atoms with E-state index in [0.717, 1.165) is 19.4 Å². The van der Waals surface area contributed by atoms with E-state index in [9.17, 15) is 5.11 Å². The topological polar surface area (TPSA) is 23.5 Å². The Morgan fingerprint density at radius 3 is 2.04 bits per heavy atom. The van der Waals surface area contributed by atoms with Gasteiger partial charge in [-0.15, -0.1) is 0 Å². The van der Waals surface area contributed by atoms with Gasteiger partial charge in [0.2, 0.25) is 0 Å². The number of aliphatic hydroxyl groups excluding tert-OH is 1. The second-order valence-corrected chi connectivity index (χ2v) is 7.71. The van der Waals surface area contributed by atoms with Crippen LogP contribution in [0.25, 0.3) is 11.1 Å². The van der Waals surface area contributed by atoms with E-state index in [4.69, 9.17) is 0 Å². The van der Waals surface area contributed by atoms with Gasteiger partial charge in [-0.2, -0.15) is 0 Å². The van der Waals surface area contributed by atoms with Crippen LogP contribution in [0.5, 0.6) is 0 Å². The molecule has 138 valence electrons. The van der Waals surface area contributed by atoms with Crippen LogP contribution in [-0.4, -0.2) is 22.3 Å². The lowest BCUT2D eigenvalue weighted by molar-refractivity contribution is -0.00889. The van der Waals surface area contributed by atoms with Gasteiger partial charge in [-0.05, 0) is 41.0 Å². The number of aliphatic hydroxyl groups is 1. The number of hydrogen-bond donors (Lipinski definition) is 1. The summed E-state index contributed by atoms with van der Waals surface area (Å²) in [4.78, 5) is 2.27. The van der Waals surface area contributed by atoms with E-state index < -0.39 is 0 Å². The highest BCUT2D eigenvalue weighted by Crippen LogP contribution is 2.32. The van der Waals surface area contributed by atoms with Gasteiger partial charge < -0.3 is 5.11 Å². The van der Waals surface area contributed by atoms with E-state index in [2.05, 4.69) is 84.6 Å². The third-order valence-electron chi connectivity index (χ3n) is 5.70. The second-order valence-electron chi connectivity index (χ2n) is 7.71. The second kappa shape index (κ2) is 8.08. The van der Waals surface area contributed by atoms with E-state index >= 15 is 0 Å². The zero-order chi connectivity index (χ0) is 18.6. The van der Waals surface area contributed by atoms with Crippen LogP contribution in [0.1, 0.15) is 24.5 Å². The summed E-state index contributed by atoms with van der Waals surface area (Å²) >= 11 is 0. The molecule has 0 radical (unpaired) electrons. The van der Waals surface area contributed by atoms with Crippen molar-refractivity contribution in [3.05, 3.63) is 96.1 Å². The first-order chi connectivity index (χ1) is 13.2. The maximum Gasteiger partial charge on any atom is 0.110 e. The Morgan fingerprint density at radius 2 is 1.37 bits per heavy atom. The van der Waals surface area contributed by atoms with Crippen LogP contribution in [0, 0.1) is 5.92 Å². The predicted molar refractivity (Wildman–Crippen MR) is 111 cm³/mol. The monoisotopic (exact) mass is 357 g/mol. The summed E-state index contributed by atoms with van der Waals surface area (Å²) in [6.07, 6.45) is 1.65. The van der Waals surface area contributed by atoms with Gasteiger partial charge in [0.15, 0.2) is 0 Å². The summed E-state index contributed by atoms with van der Waals surface area (Å²) < 4.78 is 0. The summed E-state index contributed by atoms with van der Waals surface area (Å²) in [6, 6.07) is 30.2. The molecule has 0 aliphatic carbocycles. The van der Waals surface area contributed by atoms with Crippen LogP contribution in [0.15, 0.2) is 84.9 Å². The molecular formula is C25H27NO. The first-order valence-electron chi connectivity index (χ1n) is 9.83. The van der Waals surface area contributed by atoms with Crippen LogP contribution in [-0.2, 0) is 13.0 Å². The largest absolute Gasteiger partial charge is 0.378 e. The molecule has 3 aromatic carbocycles. The first-order valence-corrected chi connectivity index (χ1v) is 9.83. The molecule has 2 nitrogen and oxygen atoms in total. The van der Waals surface area contributed by atoms with Crippen LogP contribution in [0.4, 0.5) is 0 Å². The van der Waals surface area contributed by atoms with Crippen LogP contribution < -0.4 is 0 Å². The molecule has 0 spiro atoms. The van der Waals surface area contributed by atoms with Crippen molar-refractivity contribution >= 4 is 0 Å². The minimum atomic E-state index is -0.362. The van der Waals surface area contributed by atoms with Crippen molar-refractivity contribution in [2.45, 2.75) is 38.6 Å². The van der Waals surface area contributed by atoms with Crippen molar-refractivity contribution < 1.29 is 5.11 Å². The fourth-order valence-corrected chi connectivity index (χ4v) is 4.18. The normalized spacial score (nSPS) is 22.8. The Hall–Kier alpha value is -2.42. The number of nitrogens with zero attached hydrogens (tertiary/aromatic N) is 1. The Morgan fingerprint density at radius 1 is 0.778 bits per heavy atom. The van der Waals surface area contributed by atoms with Gasteiger partial charge in [0.1, 0.15) is 6.23 Å². The fourth-order valence-electron chi connectivity index (χ4n) is 4.18. The third-order valence-corrected chi connectivity index (χ3v) is 5.70. The Labute approximate surface area is 162 Å². The molecule has 0 amide bonds. The molecule has 4 rings (SSSR count). The molecule has 2 heteroatoms. The van der Waals surface area contributed by atoms with Gasteiger partial charge in [0, 0.05) is 12.6 Å². The minimum absolute atomic E-state index is 0.308. The van der Waals surface area contributed by atoms with Crippen LogP contribution in [0.3, 0.4) is 0 Å². The summed E-state index contributed by atoms with van der Waals surface area (Å²) in [5.74, 6) is 0.308. The Bertz CT molecular complexity index is 845. The zero-order valence-electron chi connectivity index (χ0n) is 15.8. The molecule has 27 heavy (non-hydrogen) atoms. The Kier molecular flexibility index (Phi) is 5.38. The van der Waals surface area contributed by atoms with E-state index in [1.54, 1.807) is 0 Å². The lowest BCUT2D eigenvalue weighted by Gasteiger charge is -2.28. The molecule has 3 aromatic rings. The summed E-state index contributed by atoms with van der Waals surface area (Å²) in [6.45, 7) is 2.96. The molecule has 1 aliphatic heterocycles. The summed E-state index contributed by atoms with van der Waals surface area (Å²) in [5, 5.41) is 10.7. The van der Waals surface area contributed by atoms with Gasteiger partial charge in [0.05, 0.1) is 0 Å². The van der Waals surface area contributed by atoms with E-state index in [1.165, 1.54) is 22.3 Å². The predicted octanol–water partition coefficient (Wildman–Crippen LogP) is 5.13. The van der Waals surface area contributed by atoms with Gasteiger partial charge >= 0.3 is 0 Å². The van der Waals surface area contributed by atoms with Crippen molar-refractivity contribution in [1.29, 1.82) is 0 Å². The van der Waals surface area contributed by atoms with Crippen molar-refractivity contribution in [2.24, 2.45) is 5.92 Å². The number of rotatable bonds is 5. The average molecular weight is 357 g/mol. The van der Waals surface area contributed by atoms with Gasteiger partial charge in [-0.3, -0.25) is 4.90 Å². The molecular weight excluding hydrogens is 330 g/mol. The molecule has 3 atom stereocenters. The fraction of sp³-hybridized carbons (Fsp3) is 0.280. The van der Waals surface area contributed by atoms with Crippen molar-refractivity contribution in [3.63, 3.8) is 0 Å². The van der Waals surface area contributed by atoms with Crippen LogP contribution in [0.2, 0.25) is 0 Å². The van der Waals surface area contributed by atoms with Gasteiger partial charge in [-0.25, -0.2) is 0 Å². The molecule has 0 aromatic heterocycles. The number of likely N-dealkylation sites (tertiary alicyclic amines) is 1. The highest BCUT2D eigenvalue weighted by molar-refractivity contribution is 5.63. The zero-order valence-corrected chi connectivity index (χ0v) is 15.8. The number of benzene rings is 3. The highest BCUT2D eigenvalue weighted by Gasteiger charge is 2.37.